The molecule has 0 aliphatic heterocycles. The number of carbonyl (C=O) groups excluding carboxylic acids is 1. The molecule has 144 valence electrons. The molecule has 0 heterocycles. The molecule has 27 heavy (non-hydrogen) atoms. The summed E-state index contributed by atoms with van der Waals surface area (Å²) in [5.74, 6) is 1.63. The highest BCUT2D eigenvalue weighted by atomic mass is 16.5. The van der Waals surface area contributed by atoms with E-state index in [0.717, 1.165) is 11.1 Å². The van der Waals surface area contributed by atoms with Crippen molar-refractivity contribution in [2.45, 2.75) is 26.2 Å². The molecule has 0 saturated heterocycles. The van der Waals surface area contributed by atoms with E-state index < -0.39 is 0 Å². The molecule has 0 fully saturated rings. The van der Waals surface area contributed by atoms with Gasteiger partial charge in [0.2, 0.25) is 5.91 Å². The maximum Gasteiger partial charge on any atom is 0.248 e. The lowest BCUT2D eigenvalue weighted by atomic mass is 9.87. The Labute approximate surface area is 161 Å². The van der Waals surface area contributed by atoms with Crippen LogP contribution in [-0.4, -0.2) is 27.2 Å². The minimum Gasteiger partial charge on any atom is -0.495 e. The first-order chi connectivity index (χ1) is 12.8. The number of anilines is 1. The number of methoxy groups -OCH3 is 3. The number of nitrogens with one attached hydrogen (secondary N) is 1. The van der Waals surface area contributed by atoms with Crippen LogP contribution in [0.5, 0.6) is 17.2 Å². The summed E-state index contributed by atoms with van der Waals surface area (Å²) in [5.41, 5.74) is 2.56. The third-order valence-electron chi connectivity index (χ3n) is 4.16. The van der Waals surface area contributed by atoms with Crippen LogP contribution in [0.1, 0.15) is 31.9 Å². The van der Waals surface area contributed by atoms with E-state index in [1.807, 2.05) is 30.3 Å². The van der Waals surface area contributed by atoms with Crippen LogP contribution in [0, 0.1) is 0 Å². The summed E-state index contributed by atoms with van der Waals surface area (Å²) in [6.07, 6.45) is 3.20. The van der Waals surface area contributed by atoms with Crippen molar-refractivity contribution in [3.8, 4) is 17.2 Å². The largest absolute Gasteiger partial charge is 0.495 e. The maximum atomic E-state index is 12.4. The molecule has 0 spiro atoms. The van der Waals surface area contributed by atoms with Crippen molar-refractivity contribution in [2.75, 3.05) is 26.6 Å². The monoisotopic (exact) mass is 369 g/mol. The van der Waals surface area contributed by atoms with Gasteiger partial charge in [0.1, 0.15) is 5.75 Å². The number of amides is 1. The average molecular weight is 369 g/mol. The average Bonchev–Trinajstić information content (AvgIpc) is 2.65. The number of hydrogen-bond acceptors (Lipinski definition) is 4. The smallest absolute Gasteiger partial charge is 0.248 e. The molecular formula is C22H27NO4. The topological polar surface area (TPSA) is 56.8 Å². The van der Waals surface area contributed by atoms with E-state index in [1.54, 1.807) is 33.5 Å². The first-order valence-electron chi connectivity index (χ1n) is 8.68. The molecular weight excluding hydrogens is 342 g/mol. The fourth-order valence-electron chi connectivity index (χ4n) is 2.57. The Balaban J connectivity index is 2.19. The highest BCUT2D eigenvalue weighted by Gasteiger charge is 2.16. The molecule has 2 rings (SSSR count). The number of hydrogen-bond donors (Lipinski definition) is 1. The van der Waals surface area contributed by atoms with Gasteiger partial charge >= 0.3 is 0 Å². The third-order valence-corrected chi connectivity index (χ3v) is 4.16. The Kier molecular flexibility index (Phi) is 6.50. The van der Waals surface area contributed by atoms with E-state index in [2.05, 4.69) is 26.1 Å². The Hall–Kier alpha value is -2.95. The van der Waals surface area contributed by atoms with E-state index >= 15 is 0 Å². The first-order valence-corrected chi connectivity index (χ1v) is 8.68. The SMILES string of the molecule is COc1ccc(C(C)(C)C)cc1NC(=O)C=Cc1ccc(OC)c(OC)c1. The Morgan fingerprint density at radius 2 is 1.52 bits per heavy atom. The number of rotatable bonds is 6. The molecule has 5 heteroatoms. The van der Waals surface area contributed by atoms with Crippen LogP contribution in [0.2, 0.25) is 0 Å². The van der Waals surface area contributed by atoms with Gasteiger partial charge in [0, 0.05) is 6.08 Å². The van der Waals surface area contributed by atoms with Crippen LogP contribution in [0.25, 0.3) is 6.08 Å². The summed E-state index contributed by atoms with van der Waals surface area (Å²) in [6, 6.07) is 11.3. The van der Waals surface area contributed by atoms with E-state index in [0.29, 0.717) is 22.9 Å². The fraction of sp³-hybridized carbons (Fsp3) is 0.318. The Morgan fingerprint density at radius 3 is 2.11 bits per heavy atom. The maximum absolute atomic E-state index is 12.4. The third kappa shape index (κ3) is 5.26. The zero-order chi connectivity index (χ0) is 20.0. The normalized spacial score (nSPS) is 11.3. The molecule has 2 aromatic carbocycles. The van der Waals surface area contributed by atoms with Crippen LogP contribution in [0.4, 0.5) is 5.69 Å². The van der Waals surface area contributed by atoms with Gasteiger partial charge in [-0.25, -0.2) is 0 Å². The van der Waals surface area contributed by atoms with Gasteiger partial charge in [-0.15, -0.1) is 0 Å². The summed E-state index contributed by atoms with van der Waals surface area (Å²) in [5, 5.41) is 2.89. The van der Waals surface area contributed by atoms with Gasteiger partial charge in [-0.05, 0) is 46.9 Å². The molecule has 0 aliphatic carbocycles. The van der Waals surface area contributed by atoms with E-state index in [-0.39, 0.29) is 11.3 Å². The zero-order valence-corrected chi connectivity index (χ0v) is 16.8. The van der Waals surface area contributed by atoms with Gasteiger partial charge in [-0.1, -0.05) is 32.9 Å². The predicted molar refractivity (Wildman–Crippen MR) is 109 cm³/mol. The lowest BCUT2D eigenvalue weighted by molar-refractivity contribution is -0.111. The van der Waals surface area contributed by atoms with Crippen molar-refractivity contribution in [2.24, 2.45) is 0 Å². The van der Waals surface area contributed by atoms with E-state index in [1.165, 1.54) is 6.08 Å². The van der Waals surface area contributed by atoms with E-state index in [4.69, 9.17) is 14.2 Å². The van der Waals surface area contributed by atoms with E-state index in [9.17, 15) is 4.79 Å². The van der Waals surface area contributed by atoms with Crippen molar-refractivity contribution in [3.05, 3.63) is 53.6 Å². The summed E-state index contributed by atoms with van der Waals surface area (Å²) in [4.78, 5) is 12.4. The minimum absolute atomic E-state index is 0.0266. The van der Waals surface area contributed by atoms with Gasteiger partial charge in [-0.3, -0.25) is 4.79 Å². The molecule has 0 saturated carbocycles. The lowest BCUT2D eigenvalue weighted by Crippen LogP contribution is -2.14. The zero-order valence-electron chi connectivity index (χ0n) is 16.8. The second-order valence-corrected chi connectivity index (χ2v) is 7.10. The van der Waals surface area contributed by atoms with Gasteiger partial charge in [-0.2, -0.15) is 0 Å². The number of ether oxygens (including phenoxy) is 3. The lowest BCUT2D eigenvalue weighted by Gasteiger charge is -2.21. The van der Waals surface area contributed by atoms with Crippen molar-refractivity contribution in [1.82, 2.24) is 0 Å². The first kappa shape index (κ1) is 20.4. The van der Waals surface area contributed by atoms with Crippen LogP contribution in [-0.2, 0) is 10.2 Å². The van der Waals surface area contributed by atoms with Crippen molar-refractivity contribution in [1.29, 1.82) is 0 Å². The molecule has 1 amide bonds. The van der Waals surface area contributed by atoms with Crippen molar-refractivity contribution >= 4 is 17.7 Å². The Bertz CT molecular complexity index is 835. The van der Waals surface area contributed by atoms with Gasteiger partial charge in [0.25, 0.3) is 0 Å². The van der Waals surface area contributed by atoms with Gasteiger partial charge in [0.15, 0.2) is 11.5 Å². The molecule has 1 N–H and O–H groups in total. The van der Waals surface area contributed by atoms with Gasteiger partial charge < -0.3 is 19.5 Å². The molecule has 0 bridgehead atoms. The fourth-order valence-corrected chi connectivity index (χ4v) is 2.57. The van der Waals surface area contributed by atoms with Crippen LogP contribution in [0.15, 0.2) is 42.5 Å². The summed E-state index contributed by atoms with van der Waals surface area (Å²) < 4.78 is 15.9. The molecule has 0 radical (unpaired) electrons. The highest BCUT2D eigenvalue weighted by molar-refractivity contribution is 6.02. The van der Waals surface area contributed by atoms with Crippen LogP contribution in [0.3, 0.4) is 0 Å². The molecule has 0 atom stereocenters. The molecule has 5 nitrogen and oxygen atoms in total. The molecule has 0 aromatic heterocycles. The van der Waals surface area contributed by atoms with Crippen LogP contribution < -0.4 is 19.5 Å². The highest BCUT2D eigenvalue weighted by Crippen LogP contribution is 2.31. The Morgan fingerprint density at radius 1 is 0.889 bits per heavy atom. The van der Waals surface area contributed by atoms with Gasteiger partial charge in [0.05, 0.1) is 27.0 Å². The van der Waals surface area contributed by atoms with Crippen LogP contribution >= 0.6 is 0 Å². The summed E-state index contributed by atoms with van der Waals surface area (Å²) in [6.45, 7) is 6.37. The predicted octanol–water partition coefficient (Wildman–Crippen LogP) is 4.66. The van der Waals surface area contributed by atoms with Crippen molar-refractivity contribution < 1.29 is 19.0 Å². The summed E-state index contributed by atoms with van der Waals surface area (Å²) in [7, 11) is 4.74. The number of carbonyl (C=O) groups is 1. The standard InChI is InChI=1S/C22H27NO4/c1-22(2,3)16-9-11-18(25-4)17(14-16)23-21(24)12-8-15-7-10-19(26-5)20(13-15)27-6/h7-14H,1-6H3,(H,23,24). The number of benzene rings is 2. The second kappa shape index (κ2) is 8.62. The molecule has 0 aliphatic rings. The molecule has 2 aromatic rings. The second-order valence-electron chi connectivity index (χ2n) is 7.10. The quantitative estimate of drug-likeness (QED) is 0.752. The van der Waals surface area contributed by atoms with Crippen molar-refractivity contribution in [3.63, 3.8) is 0 Å². The summed E-state index contributed by atoms with van der Waals surface area (Å²) >= 11 is 0. The minimum atomic E-state index is -0.242. The molecule has 0 unspecified atom stereocenters.